The molecule has 4 aromatic rings. The van der Waals surface area contributed by atoms with Crippen LogP contribution in [0.1, 0.15) is 81.9 Å². The first-order chi connectivity index (χ1) is 21.9. The molecule has 0 radical (unpaired) electrons. The summed E-state index contributed by atoms with van der Waals surface area (Å²) in [6.45, 7) is 12.5. The maximum Gasteiger partial charge on any atom is 0.277 e. The predicted molar refractivity (Wildman–Crippen MR) is 193 cm³/mol. The summed E-state index contributed by atoms with van der Waals surface area (Å²) in [5, 5.41) is 8.30. The maximum absolute atomic E-state index is 13.5. The number of hydrogen-bond donors (Lipinski definition) is 3. The van der Waals surface area contributed by atoms with Crippen molar-refractivity contribution in [2.75, 3.05) is 23.9 Å². The zero-order chi connectivity index (χ0) is 33.5. The fourth-order valence-corrected chi connectivity index (χ4v) is 6.51. The largest absolute Gasteiger partial charge is 0.384 e. The van der Waals surface area contributed by atoms with E-state index in [9.17, 15) is 9.59 Å². The number of nitrogens with zero attached hydrogens (tertiary/aromatic N) is 4. The lowest BCUT2D eigenvalue weighted by Gasteiger charge is -2.18. The summed E-state index contributed by atoms with van der Waals surface area (Å²) in [7, 11) is 1.80. The maximum atomic E-state index is 13.5. The van der Waals surface area contributed by atoms with Gasteiger partial charge in [-0.25, -0.2) is 9.97 Å². The Morgan fingerprint density at radius 3 is 2.49 bits per heavy atom. The lowest BCUT2D eigenvalue weighted by molar-refractivity contribution is -0.124. The number of carbonyl (C=O) groups excluding carboxylic acids is 1. The van der Waals surface area contributed by atoms with Gasteiger partial charge in [0, 0.05) is 46.2 Å². The Hall–Kier alpha value is -4.14. The van der Waals surface area contributed by atoms with Gasteiger partial charge in [0.05, 0.1) is 17.8 Å². The summed E-state index contributed by atoms with van der Waals surface area (Å²) in [6.07, 6.45) is 12.4. The molecule has 2 unspecified atom stereocenters. The number of pyridine rings is 1. The monoisotopic (exact) mass is 647 g/mol. The smallest absolute Gasteiger partial charge is 0.277 e. The van der Waals surface area contributed by atoms with Gasteiger partial charge in [0.25, 0.3) is 5.56 Å². The summed E-state index contributed by atoms with van der Waals surface area (Å²) >= 11 is 3.27. The highest BCUT2D eigenvalue weighted by molar-refractivity contribution is 8.14. The number of aryl methyl sites for hydroxylation is 1. The van der Waals surface area contributed by atoms with E-state index in [1.54, 1.807) is 42.5 Å². The summed E-state index contributed by atoms with van der Waals surface area (Å²) in [6, 6.07) is 11.3. The average molecular weight is 648 g/mol. The Labute approximate surface area is 275 Å². The fourth-order valence-electron chi connectivity index (χ4n) is 4.78. The Kier molecular flexibility index (Phi) is 15.3. The molecule has 0 fully saturated rings. The lowest BCUT2D eigenvalue weighted by atomic mass is 10.1. The number of fused-ring (bicyclic) bond motifs is 2. The van der Waals surface area contributed by atoms with Gasteiger partial charge in [-0.1, -0.05) is 58.9 Å². The number of rotatable bonds is 8. The van der Waals surface area contributed by atoms with Gasteiger partial charge in [0.2, 0.25) is 5.91 Å². The van der Waals surface area contributed by atoms with Crippen LogP contribution >= 0.6 is 23.1 Å². The molecule has 0 saturated carbocycles. The number of nitrogen functional groups attached to an aromatic ring is 1. The van der Waals surface area contributed by atoms with Crippen LogP contribution in [-0.2, 0) is 17.8 Å². The van der Waals surface area contributed by atoms with Gasteiger partial charge in [0.1, 0.15) is 23.4 Å². The Morgan fingerprint density at radius 1 is 1.16 bits per heavy atom. The zero-order valence-corrected chi connectivity index (χ0v) is 28.9. The van der Waals surface area contributed by atoms with Crippen LogP contribution in [0.15, 0.2) is 58.6 Å². The molecule has 45 heavy (non-hydrogen) atoms. The molecule has 4 N–H and O–H groups in total. The van der Waals surface area contributed by atoms with E-state index in [0.717, 1.165) is 36.9 Å². The number of aliphatic imine (C=N–C) groups is 1. The minimum Gasteiger partial charge on any atom is -0.384 e. The van der Waals surface area contributed by atoms with E-state index in [1.807, 2.05) is 58.9 Å². The normalized spacial score (nSPS) is 14.0. The van der Waals surface area contributed by atoms with Crippen LogP contribution < -0.4 is 21.9 Å². The highest BCUT2D eigenvalue weighted by Crippen LogP contribution is 2.28. The predicted octanol–water partition coefficient (Wildman–Crippen LogP) is 6.84. The van der Waals surface area contributed by atoms with E-state index in [4.69, 9.17) is 5.73 Å². The molecule has 0 bridgehead atoms. The number of carbonyl (C=O) groups is 1. The third kappa shape index (κ3) is 9.19. The van der Waals surface area contributed by atoms with Gasteiger partial charge in [-0.3, -0.25) is 19.1 Å². The van der Waals surface area contributed by atoms with Gasteiger partial charge < -0.3 is 16.4 Å². The van der Waals surface area contributed by atoms with Crippen LogP contribution in [0.4, 0.5) is 11.5 Å². The number of thiophene rings is 1. The van der Waals surface area contributed by atoms with Crippen LogP contribution in [0.3, 0.4) is 0 Å². The third-order valence-corrected chi connectivity index (χ3v) is 8.83. The van der Waals surface area contributed by atoms with Crippen molar-refractivity contribution < 1.29 is 4.79 Å². The van der Waals surface area contributed by atoms with Crippen molar-refractivity contribution in [2.45, 2.75) is 73.0 Å². The second kappa shape index (κ2) is 18.6. The number of terminal acetylenes is 1. The molecule has 0 spiro atoms. The molecule has 3 aromatic heterocycles. The SMILES string of the molecule is C#C.CC.CC.CCSC(=NC)c1ccc(C(C)Nc2cnc3n(c2=O)C(C(=O)NCc2cc4cnc(N)cc4s2)CC3)cc1. The molecule has 5 rings (SSSR count). The lowest BCUT2D eigenvalue weighted by Crippen LogP contribution is -2.36. The summed E-state index contributed by atoms with van der Waals surface area (Å²) in [4.78, 5) is 40.6. The molecule has 1 aliphatic heterocycles. The standard InChI is InChI=1S/C28H31N7O2S2.2C2H6.C2H2/c1-4-38-27(30-3)18-7-5-17(6-8-18)16(2)34-21-15-32-25-10-9-22(35(25)28(21)37)26(36)33-14-20-11-19-13-31-24(29)12-23(19)39-20;3*1-2/h5-8,11-13,15-16,22,34H,4,9-10,14H2,1-3H3,(H2,29,31)(H,33,36);2*1-2H3;1-2H. The molecular weight excluding hydrogens is 603 g/mol. The topological polar surface area (TPSA) is 127 Å². The summed E-state index contributed by atoms with van der Waals surface area (Å²) in [5.41, 5.74) is 8.04. The molecule has 1 amide bonds. The first-order valence-corrected chi connectivity index (χ1v) is 17.0. The van der Waals surface area contributed by atoms with E-state index < -0.39 is 6.04 Å². The van der Waals surface area contributed by atoms with Crippen LogP contribution in [0.25, 0.3) is 10.1 Å². The zero-order valence-electron chi connectivity index (χ0n) is 27.3. The molecule has 4 heterocycles. The number of thioether (sulfide) groups is 1. The Bertz CT molecular complexity index is 1640. The van der Waals surface area contributed by atoms with Crippen molar-refractivity contribution >= 4 is 55.6 Å². The third-order valence-electron chi connectivity index (χ3n) is 6.75. The van der Waals surface area contributed by atoms with Gasteiger partial charge in [-0.15, -0.1) is 35.9 Å². The molecule has 9 nitrogen and oxygen atoms in total. The van der Waals surface area contributed by atoms with Crippen molar-refractivity contribution in [2.24, 2.45) is 4.99 Å². The highest BCUT2D eigenvalue weighted by Gasteiger charge is 2.31. The summed E-state index contributed by atoms with van der Waals surface area (Å²) in [5.74, 6) is 1.87. The summed E-state index contributed by atoms with van der Waals surface area (Å²) < 4.78 is 2.56. The molecule has 1 aliphatic rings. The molecule has 2 atom stereocenters. The number of nitrogens with one attached hydrogen (secondary N) is 2. The minimum atomic E-state index is -0.592. The average Bonchev–Trinajstić information content (AvgIpc) is 3.71. The first kappa shape index (κ1) is 37.0. The van der Waals surface area contributed by atoms with Crippen LogP contribution in [0.5, 0.6) is 0 Å². The van der Waals surface area contributed by atoms with E-state index in [1.165, 1.54) is 4.57 Å². The van der Waals surface area contributed by atoms with Crippen molar-refractivity contribution in [1.29, 1.82) is 0 Å². The second-order valence-corrected chi connectivity index (χ2v) is 11.8. The van der Waals surface area contributed by atoms with Gasteiger partial charge in [-0.05, 0) is 36.8 Å². The van der Waals surface area contributed by atoms with E-state index in [-0.39, 0.29) is 17.5 Å². The molecule has 0 aliphatic carbocycles. The van der Waals surface area contributed by atoms with Crippen LogP contribution in [-0.4, -0.2) is 38.3 Å². The van der Waals surface area contributed by atoms with Crippen molar-refractivity contribution in [3.8, 4) is 12.8 Å². The number of aromatic nitrogens is 3. The van der Waals surface area contributed by atoms with E-state index in [0.29, 0.717) is 36.7 Å². The van der Waals surface area contributed by atoms with Crippen molar-refractivity contribution in [3.05, 3.63) is 81.0 Å². The molecule has 240 valence electrons. The number of benzene rings is 1. The Balaban J connectivity index is 0.00000111. The minimum absolute atomic E-state index is 0.127. The second-order valence-electron chi connectivity index (χ2n) is 9.35. The molecular formula is C34H45N7O2S2. The molecule has 0 saturated heterocycles. The number of amides is 1. The highest BCUT2D eigenvalue weighted by atomic mass is 32.2. The van der Waals surface area contributed by atoms with Crippen LogP contribution in [0.2, 0.25) is 0 Å². The van der Waals surface area contributed by atoms with E-state index >= 15 is 0 Å². The Morgan fingerprint density at radius 2 is 1.84 bits per heavy atom. The number of nitrogens with two attached hydrogens (primary N) is 1. The number of hydrogen-bond acceptors (Lipinski definition) is 9. The molecule has 11 heteroatoms. The number of anilines is 2. The van der Waals surface area contributed by atoms with Crippen molar-refractivity contribution in [3.63, 3.8) is 0 Å². The van der Waals surface area contributed by atoms with Crippen molar-refractivity contribution in [1.82, 2.24) is 19.9 Å². The fraction of sp³-hybridized carbons (Fsp3) is 0.382. The van der Waals surface area contributed by atoms with Gasteiger partial charge in [0.15, 0.2) is 0 Å². The first-order valence-electron chi connectivity index (χ1n) is 15.2. The van der Waals surface area contributed by atoms with E-state index in [2.05, 4.69) is 57.5 Å². The van der Waals surface area contributed by atoms with Gasteiger partial charge >= 0.3 is 0 Å². The van der Waals surface area contributed by atoms with Gasteiger partial charge in [-0.2, -0.15) is 0 Å². The molecule has 1 aromatic carbocycles. The quantitative estimate of drug-likeness (QED) is 0.109. The van der Waals surface area contributed by atoms with Crippen LogP contribution in [0, 0.1) is 12.8 Å².